The highest BCUT2D eigenvalue weighted by Gasteiger charge is 2.16. The molecule has 28 heavy (non-hydrogen) atoms. The fraction of sp³-hybridized carbons (Fsp3) is 0.350. The Labute approximate surface area is 168 Å². The van der Waals surface area contributed by atoms with Crippen LogP contribution in [-0.2, 0) is 15.3 Å². The van der Waals surface area contributed by atoms with Crippen LogP contribution in [0.25, 0.3) is 0 Å². The first-order valence-corrected chi connectivity index (χ1v) is 9.70. The summed E-state index contributed by atoms with van der Waals surface area (Å²) >= 11 is 1.44. The molecule has 0 aliphatic heterocycles. The van der Waals surface area contributed by atoms with Gasteiger partial charge in [0.25, 0.3) is 5.91 Å². The first-order valence-electron chi connectivity index (χ1n) is 8.71. The summed E-state index contributed by atoms with van der Waals surface area (Å²) in [5.41, 5.74) is 2.97. The number of benzene rings is 1. The number of esters is 1. The Kier molecular flexibility index (Phi) is 7.96. The molecule has 0 saturated heterocycles. The summed E-state index contributed by atoms with van der Waals surface area (Å²) < 4.78 is 5.17. The minimum Gasteiger partial charge on any atom is -0.452 e. The van der Waals surface area contributed by atoms with Crippen LogP contribution in [0.2, 0.25) is 0 Å². The van der Waals surface area contributed by atoms with Gasteiger partial charge >= 0.3 is 5.97 Å². The van der Waals surface area contributed by atoms with Gasteiger partial charge in [0.1, 0.15) is 0 Å². The highest BCUT2D eigenvalue weighted by atomic mass is 32.2. The third kappa shape index (κ3) is 6.35. The second-order valence-electron chi connectivity index (χ2n) is 6.18. The highest BCUT2D eigenvalue weighted by molar-refractivity contribution is 7.98. The average Bonchev–Trinajstić information content (AvgIpc) is 2.67. The van der Waals surface area contributed by atoms with Crippen LogP contribution < -0.4 is 0 Å². The van der Waals surface area contributed by atoms with E-state index in [1.54, 1.807) is 19.2 Å². The van der Waals surface area contributed by atoms with Crippen LogP contribution in [0.5, 0.6) is 0 Å². The van der Waals surface area contributed by atoms with Gasteiger partial charge in [0.15, 0.2) is 11.8 Å². The summed E-state index contributed by atoms with van der Waals surface area (Å²) in [6.07, 6.45) is 0.233. The number of aryl methyl sites for hydroxylation is 2. The maximum Gasteiger partial charge on any atom is 0.338 e. The Morgan fingerprint density at radius 2 is 1.89 bits per heavy atom. The van der Waals surface area contributed by atoms with E-state index in [2.05, 4.69) is 9.97 Å². The van der Waals surface area contributed by atoms with Crippen LogP contribution in [0.15, 0.2) is 35.5 Å². The van der Waals surface area contributed by atoms with E-state index < -0.39 is 5.97 Å². The lowest BCUT2D eigenvalue weighted by Crippen LogP contribution is -2.32. The molecule has 2 aromatic rings. The van der Waals surface area contributed by atoms with Crippen molar-refractivity contribution < 1.29 is 14.3 Å². The Bertz CT molecular complexity index is 875. The van der Waals surface area contributed by atoms with Crippen LogP contribution in [0.4, 0.5) is 0 Å². The van der Waals surface area contributed by atoms with Crippen LogP contribution in [0.1, 0.15) is 33.7 Å². The van der Waals surface area contributed by atoms with Gasteiger partial charge in [-0.3, -0.25) is 4.79 Å². The van der Waals surface area contributed by atoms with E-state index in [0.717, 1.165) is 17.0 Å². The summed E-state index contributed by atoms with van der Waals surface area (Å²) in [5, 5.41) is 9.22. The minimum absolute atomic E-state index is 0.233. The number of hydrogen-bond donors (Lipinski definition) is 0. The van der Waals surface area contributed by atoms with Gasteiger partial charge in [-0.2, -0.15) is 5.26 Å². The Morgan fingerprint density at radius 3 is 2.57 bits per heavy atom. The number of nitriles is 1. The van der Waals surface area contributed by atoms with E-state index in [1.807, 2.05) is 38.1 Å². The number of aromatic nitrogens is 2. The third-order valence-corrected chi connectivity index (χ3v) is 4.76. The summed E-state index contributed by atoms with van der Waals surface area (Å²) in [4.78, 5) is 34.6. The fourth-order valence-corrected chi connectivity index (χ4v) is 3.36. The average molecular weight is 398 g/mol. The lowest BCUT2D eigenvalue weighted by molar-refractivity contribution is -0.133. The SMILES string of the molecule is Cc1cc(C)nc(SCc2ccccc2C(=O)OCC(=O)N(C)CCC#N)n1. The molecule has 0 aliphatic rings. The molecule has 0 unspecified atom stereocenters. The monoisotopic (exact) mass is 398 g/mol. The predicted octanol–water partition coefficient (Wildman–Crippen LogP) is 2.91. The number of thioether (sulfide) groups is 1. The van der Waals surface area contributed by atoms with Crippen molar-refractivity contribution in [2.75, 3.05) is 20.2 Å². The van der Waals surface area contributed by atoms with Gasteiger partial charge in [-0.15, -0.1) is 0 Å². The molecule has 146 valence electrons. The summed E-state index contributed by atoms with van der Waals surface area (Å²) in [5.74, 6) is -0.400. The van der Waals surface area contributed by atoms with Crippen LogP contribution in [0.3, 0.4) is 0 Å². The van der Waals surface area contributed by atoms with Gasteiger partial charge in [0.05, 0.1) is 18.1 Å². The molecular formula is C20H22N4O3S. The number of hydrogen-bond acceptors (Lipinski definition) is 7. The second-order valence-corrected chi connectivity index (χ2v) is 7.12. The molecule has 0 atom stereocenters. The molecule has 8 heteroatoms. The van der Waals surface area contributed by atoms with E-state index in [9.17, 15) is 9.59 Å². The number of likely N-dealkylation sites (N-methyl/N-ethyl adjacent to an activating group) is 1. The molecule has 1 aromatic heterocycles. The molecule has 7 nitrogen and oxygen atoms in total. The Balaban J connectivity index is 1.99. The summed E-state index contributed by atoms with van der Waals surface area (Å²) in [6, 6.07) is 11.0. The van der Waals surface area contributed by atoms with E-state index in [4.69, 9.17) is 10.00 Å². The topological polar surface area (TPSA) is 96.2 Å². The van der Waals surface area contributed by atoms with Crippen molar-refractivity contribution in [3.05, 3.63) is 52.8 Å². The normalized spacial score (nSPS) is 10.2. The molecule has 0 bridgehead atoms. The molecule has 1 amide bonds. The number of amides is 1. The first kappa shape index (κ1) is 21.4. The molecular weight excluding hydrogens is 376 g/mol. The number of nitrogens with zero attached hydrogens (tertiary/aromatic N) is 4. The zero-order chi connectivity index (χ0) is 20.5. The van der Waals surface area contributed by atoms with Gasteiger partial charge in [-0.05, 0) is 31.5 Å². The van der Waals surface area contributed by atoms with Gasteiger partial charge in [-0.1, -0.05) is 30.0 Å². The van der Waals surface area contributed by atoms with Crippen molar-refractivity contribution in [3.63, 3.8) is 0 Å². The van der Waals surface area contributed by atoms with Crippen molar-refractivity contribution in [2.45, 2.75) is 31.2 Å². The Hall–Kier alpha value is -2.92. The molecule has 0 aliphatic carbocycles. The maximum atomic E-state index is 12.4. The highest BCUT2D eigenvalue weighted by Crippen LogP contribution is 2.22. The molecule has 0 saturated carbocycles. The third-order valence-electron chi connectivity index (χ3n) is 3.87. The van der Waals surface area contributed by atoms with Crippen molar-refractivity contribution in [1.29, 1.82) is 5.26 Å². The molecule has 1 aromatic carbocycles. The van der Waals surface area contributed by atoms with Gasteiger partial charge in [-0.25, -0.2) is 14.8 Å². The van der Waals surface area contributed by atoms with Crippen molar-refractivity contribution >= 4 is 23.6 Å². The molecule has 0 N–H and O–H groups in total. The molecule has 1 heterocycles. The lowest BCUT2D eigenvalue weighted by atomic mass is 10.1. The zero-order valence-electron chi connectivity index (χ0n) is 16.1. The largest absolute Gasteiger partial charge is 0.452 e. The number of ether oxygens (including phenoxy) is 1. The van der Waals surface area contributed by atoms with Crippen LogP contribution in [-0.4, -0.2) is 46.9 Å². The Morgan fingerprint density at radius 1 is 1.21 bits per heavy atom. The van der Waals surface area contributed by atoms with Crippen LogP contribution in [0, 0.1) is 25.2 Å². The van der Waals surface area contributed by atoms with E-state index in [1.165, 1.54) is 16.7 Å². The predicted molar refractivity (Wildman–Crippen MR) is 106 cm³/mol. The smallest absolute Gasteiger partial charge is 0.338 e. The van der Waals surface area contributed by atoms with Crippen molar-refractivity contribution in [3.8, 4) is 6.07 Å². The number of carbonyl (C=O) groups excluding carboxylic acids is 2. The second kappa shape index (κ2) is 10.4. The van der Waals surface area contributed by atoms with E-state index >= 15 is 0 Å². The molecule has 2 rings (SSSR count). The minimum atomic E-state index is -0.556. The van der Waals surface area contributed by atoms with Crippen molar-refractivity contribution in [1.82, 2.24) is 14.9 Å². The number of carbonyl (C=O) groups is 2. The summed E-state index contributed by atoms with van der Waals surface area (Å²) in [6.45, 7) is 3.77. The molecule has 0 spiro atoms. The van der Waals surface area contributed by atoms with Gasteiger partial charge in [0, 0.05) is 30.7 Å². The maximum absolute atomic E-state index is 12.4. The number of rotatable bonds is 8. The quantitative estimate of drug-likeness (QED) is 0.383. The van der Waals surface area contributed by atoms with Gasteiger partial charge < -0.3 is 9.64 Å². The fourth-order valence-electron chi connectivity index (χ4n) is 2.40. The van der Waals surface area contributed by atoms with Crippen LogP contribution >= 0.6 is 11.8 Å². The van der Waals surface area contributed by atoms with Gasteiger partial charge in [0.2, 0.25) is 0 Å². The lowest BCUT2D eigenvalue weighted by Gasteiger charge is -2.15. The first-order chi connectivity index (χ1) is 13.4. The molecule has 0 fully saturated rings. The molecule has 0 radical (unpaired) electrons. The summed E-state index contributed by atoms with van der Waals surface area (Å²) in [7, 11) is 1.57. The standard InChI is InChI=1S/C20H22N4O3S/c1-14-11-15(2)23-20(22-14)28-13-16-7-4-5-8-17(16)19(26)27-12-18(25)24(3)10-6-9-21/h4-5,7-8,11H,6,10,12-13H2,1-3H3. The zero-order valence-corrected chi connectivity index (χ0v) is 17.0. The van der Waals surface area contributed by atoms with E-state index in [0.29, 0.717) is 23.0 Å². The van der Waals surface area contributed by atoms with Crippen molar-refractivity contribution in [2.24, 2.45) is 0 Å². The van der Waals surface area contributed by atoms with E-state index in [-0.39, 0.29) is 18.9 Å².